The van der Waals surface area contributed by atoms with Crippen molar-refractivity contribution in [1.82, 2.24) is 0 Å². The van der Waals surface area contributed by atoms with Gasteiger partial charge in [-0.05, 0) is 42.0 Å². The van der Waals surface area contributed by atoms with E-state index in [1.165, 1.54) is 5.56 Å². The molecule has 21 heavy (non-hydrogen) atoms. The molecule has 2 aromatic carbocycles. The lowest BCUT2D eigenvalue weighted by molar-refractivity contribution is 1.14. The lowest BCUT2D eigenvalue weighted by atomic mass is 10.1. The van der Waals surface area contributed by atoms with Crippen LogP contribution >= 0.6 is 24.0 Å². The van der Waals surface area contributed by atoms with Gasteiger partial charge in [-0.2, -0.15) is 0 Å². The summed E-state index contributed by atoms with van der Waals surface area (Å²) < 4.78 is 0. The Labute approximate surface area is 136 Å². The Kier molecular flexibility index (Phi) is 5.65. The van der Waals surface area contributed by atoms with Gasteiger partial charge >= 0.3 is 0 Å². The van der Waals surface area contributed by atoms with E-state index >= 15 is 0 Å². The molecule has 110 valence electrons. The lowest BCUT2D eigenvalue weighted by Crippen LogP contribution is -2.13. The number of anilines is 2. The van der Waals surface area contributed by atoms with E-state index in [-0.39, 0.29) is 0 Å². The maximum absolute atomic E-state index is 5.93. The molecule has 2 aromatic rings. The molecule has 0 spiro atoms. The molecule has 0 atom stereocenters. The van der Waals surface area contributed by atoms with Gasteiger partial charge in [-0.15, -0.1) is 11.8 Å². The van der Waals surface area contributed by atoms with E-state index in [4.69, 9.17) is 18.0 Å². The van der Waals surface area contributed by atoms with E-state index in [9.17, 15) is 0 Å². The molecule has 0 aliphatic rings. The fourth-order valence-corrected chi connectivity index (χ4v) is 3.32. The van der Waals surface area contributed by atoms with Crippen molar-refractivity contribution >= 4 is 40.3 Å². The van der Waals surface area contributed by atoms with Gasteiger partial charge in [-0.25, -0.2) is 0 Å². The molecule has 0 aromatic heterocycles. The van der Waals surface area contributed by atoms with Crippen molar-refractivity contribution in [2.75, 3.05) is 11.1 Å². The van der Waals surface area contributed by atoms with Gasteiger partial charge in [0.25, 0.3) is 0 Å². The van der Waals surface area contributed by atoms with Crippen LogP contribution in [0.2, 0.25) is 0 Å². The Bertz CT molecular complexity index is 638. The van der Waals surface area contributed by atoms with Crippen molar-refractivity contribution in [1.29, 1.82) is 0 Å². The van der Waals surface area contributed by atoms with Crippen molar-refractivity contribution in [2.45, 2.75) is 25.2 Å². The summed E-state index contributed by atoms with van der Waals surface area (Å²) in [6, 6.07) is 14.5. The van der Waals surface area contributed by atoms with Crippen molar-refractivity contribution in [3.05, 3.63) is 53.6 Å². The van der Waals surface area contributed by atoms with Gasteiger partial charge < -0.3 is 11.1 Å². The predicted octanol–water partition coefficient (Wildman–Crippen LogP) is 4.74. The summed E-state index contributed by atoms with van der Waals surface area (Å²) in [5.74, 6) is 0.990. The molecule has 0 aliphatic carbocycles. The Balaban J connectivity index is 2.38. The number of rotatable bonds is 6. The number of hydrogen-bond donors (Lipinski definition) is 2. The van der Waals surface area contributed by atoms with Crippen molar-refractivity contribution < 1.29 is 0 Å². The molecule has 0 saturated heterocycles. The minimum atomic E-state index is 0.431. The third kappa shape index (κ3) is 3.99. The average molecular weight is 316 g/mol. The van der Waals surface area contributed by atoms with Crippen LogP contribution in [0.5, 0.6) is 0 Å². The highest BCUT2D eigenvalue weighted by Crippen LogP contribution is 2.30. The van der Waals surface area contributed by atoms with E-state index < -0.39 is 0 Å². The zero-order valence-electron chi connectivity index (χ0n) is 12.3. The first kappa shape index (κ1) is 15.9. The maximum atomic E-state index is 5.93. The number of thioether (sulfide) groups is 1. The Morgan fingerprint density at radius 1 is 1.19 bits per heavy atom. The second kappa shape index (κ2) is 7.48. The van der Waals surface area contributed by atoms with Gasteiger partial charge in [0.2, 0.25) is 0 Å². The summed E-state index contributed by atoms with van der Waals surface area (Å²) in [7, 11) is 0. The largest absolute Gasteiger partial charge is 0.389 e. The summed E-state index contributed by atoms with van der Waals surface area (Å²) in [6.07, 6.45) is 1.02. The van der Waals surface area contributed by atoms with Gasteiger partial charge in [0.15, 0.2) is 0 Å². The smallest absolute Gasteiger partial charge is 0.107 e. The molecular formula is C17H20N2S2. The summed E-state index contributed by atoms with van der Waals surface area (Å²) in [5, 5.41) is 3.45. The highest BCUT2D eigenvalue weighted by molar-refractivity contribution is 7.99. The highest BCUT2D eigenvalue weighted by Gasteiger charge is 2.11. The number of nitrogens with two attached hydrogens (primary N) is 1. The van der Waals surface area contributed by atoms with Crippen LogP contribution in [-0.2, 0) is 6.42 Å². The normalized spacial score (nSPS) is 10.4. The average Bonchev–Trinajstić information content (AvgIpc) is 2.47. The third-order valence-corrected chi connectivity index (χ3v) is 4.33. The molecule has 0 heterocycles. The zero-order valence-corrected chi connectivity index (χ0v) is 14.0. The summed E-state index contributed by atoms with van der Waals surface area (Å²) >= 11 is 7.00. The molecule has 2 nitrogen and oxygen atoms in total. The van der Waals surface area contributed by atoms with Crippen LogP contribution in [0.3, 0.4) is 0 Å². The molecule has 2 rings (SSSR count). The SMILES string of the molecule is CCSc1cccc(Nc2cccc(CC)c2)c1C(N)=S. The number of benzene rings is 2. The molecule has 4 heteroatoms. The topological polar surface area (TPSA) is 38.0 Å². The second-order valence-electron chi connectivity index (χ2n) is 4.65. The molecule has 0 radical (unpaired) electrons. The first-order valence-electron chi connectivity index (χ1n) is 7.07. The van der Waals surface area contributed by atoms with Crippen molar-refractivity contribution in [2.24, 2.45) is 5.73 Å². The van der Waals surface area contributed by atoms with Gasteiger partial charge in [-0.1, -0.05) is 44.3 Å². The molecule has 0 aliphatic heterocycles. The summed E-state index contributed by atoms with van der Waals surface area (Å²) in [6.45, 7) is 4.27. The molecule has 3 N–H and O–H groups in total. The number of thiocarbonyl (C=S) groups is 1. The Morgan fingerprint density at radius 3 is 2.62 bits per heavy atom. The van der Waals surface area contributed by atoms with Crippen LogP contribution in [-0.4, -0.2) is 10.7 Å². The standard InChI is InChI=1S/C17H20N2S2/c1-3-12-7-5-8-13(11-12)19-14-9-6-10-15(21-4-2)16(14)17(18)20/h5-11,19H,3-4H2,1-2H3,(H2,18,20). The van der Waals surface area contributed by atoms with Crippen molar-refractivity contribution in [3.63, 3.8) is 0 Å². The number of hydrogen-bond acceptors (Lipinski definition) is 3. The van der Waals surface area contributed by atoms with Crippen LogP contribution in [0.15, 0.2) is 47.4 Å². The molecule has 0 unspecified atom stereocenters. The fraction of sp³-hybridized carbons (Fsp3) is 0.235. The summed E-state index contributed by atoms with van der Waals surface area (Å²) in [5.41, 5.74) is 10.2. The maximum Gasteiger partial charge on any atom is 0.107 e. The highest BCUT2D eigenvalue weighted by atomic mass is 32.2. The lowest BCUT2D eigenvalue weighted by Gasteiger charge is -2.15. The van der Waals surface area contributed by atoms with Crippen LogP contribution in [0.25, 0.3) is 0 Å². The molecule has 0 bridgehead atoms. The predicted molar refractivity (Wildman–Crippen MR) is 97.8 cm³/mol. The molecule has 0 saturated carbocycles. The molecule has 0 fully saturated rings. The monoisotopic (exact) mass is 316 g/mol. The van der Waals surface area contributed by atoms with Gasteiger partial charge in [0, 0.05) is 21.8 Å². The molecule has 0 amide bonds. The quantitative estimate of drug-likeness (QED) is 0.596. The minimum absolute atomic E-state index is 0.431. The fourth-order valence-electron chi connectivity index (χ4n) is 2.19. The van der Waals surface area contributed by atoms with E-state index in [1.54, 1.807) is 11.8 Å². The van der Waals surface area contributed by atoms with Crippen molar-refractivity contribution in [3.8, 4) is 0 Å². The summed E-state index contributed by atoms with van der Waals surface area (Å²) in [4.78, 5) is 1.56. The first-order chi connectivity index (χ1) is 10.2. The second-order valence-corrected chi connectivity index (χ2v) is 6.40. The van der Waals surface area contributed by atoms with Crippen LogP contribution in [0, 0.1) is 0 Å². The minimum Gasteiger partial charge on any atom is -0.389 e. The Morgan fingerprint density at radius 2 is 1.95 bits per heavy atom. The van der Waals surface area contributed by atoms with Gasteiger partial charge in [0.05, 0.1) is 0 Å². The van der Waals surface area contributed by atoms with E-state index in [0.717, 1.165) is 34.0 Å². The Hall–Kier alpha value is -1.52. The third-order valence-electron chi connectivity index (χ3n) is 3.19. The van der Waals surface area contributed by atoms with E-state index in [2.05, 4.69) is 49.5 Å². The van der Waals surface area contributed by atoms with E-state index in [0.29, 0.717) is 4.99 Å². The van der Waals surface area contributed by atoms with Crippen LogP contribution < -0.4 is 11.1 Å². The number of aryl methyl sites for hydroxylation is 1. The number of nitrogens with one attached hydrogen (secondary N) is 1. The van der Waals surface area contributed by atoms with Gasteiger partial charge in [0.1, 0.15) is 4.99 Å². The van der Waals surface area contributed by atoms with Gasteiger partial charge in [-0.3, -0.25) is 0 Å². The van der Waals surface area contributed by atoms with Crippen LogP contribution in [0.1, 0.15) is 25.0 Å². The zero-order chi connectivity index (χ0) is 15.2. The van der Waals surface area contributed by atoms with E-state index in [1.807, 2.05) is 12.1 Å². The molecular weight excluding hydrogens is 296 g/mol. The van der Waals surface area contributed by atoms with Crippen LogP contribution in [0.4, 0.5) is 11.4 Å². The first-order valence-corrected chi connectivity index (χ1v) is 8.46.